The van der Waals surface area contributed by atoms with E-state index in [4.69, 9.17) is 0 Å². The number of nitrogens with zero attached hydrogens (tertiary/aromatic N) is 5. The zero-order valence-corrected chi connectivity index (χ0v) is 14.3. The number of aryl methyl sites for hydroxylation is 2. The third-order valence-electron chi connectivity index (χ3n) is 3.52. The first kappa shape index (κ1) is 15.8. The van der Waals surface area contributed by atoms with E-state index in [-0.39, 0.29) is 0 Å². The average Bonchev–Trinajstić information content (AvgIpc) is 3.13. The lowest BCUT2D eigenvalue weighted by Crippen LogP contribution is -2.30. The molecule has 0 bridgehead atoms. The molecule has 3 aromatic rings. The molecule has 0 spiro atoms. The minimum Gasteiger partial charge on any atom is -0.307 e. The quantitative estimate of drug-likeness (QED) is 0.753. The maximum absolute atomic E-state index is 4.61. The molecule has 0 aliphatic carbocycles. The van der Waals surface area contributed by atoms with Crippen molar-refractivity contribution in [3.63, 3.8) is 0 Å². The van der Waals surface area contributed by atoms with Gasteiger partial charge in [-0.25, -0.2) is 4.98 Å². The smallest absolute Gasteiger partial charge is 0.143 e. The molecule has 1 N–H and O–H groups in total. The predicted octanol–water partition coefficient (Wildman–Crippen LogP) is 2.59. The summed E-state index contributed by atoms with van der Waals surface area (Å²) in [5.41, 5.74) is 4.09. The molecular weight excluding hydrogens is 308 g/mol. The molecule has 0 radical (unpaired) electrons. The summed E-state index contributed by atoms with van der Waals surface area (Å²) in [7, 11) is 0. The lowest BCUT2D eigenvalue weighted by molar-refractivity contribution is 0.442. The van der Waals surface area contributed by atoms with E-state index in [1.165, 1.54) is 5.69 Å². The summed E-state index contributed by atoms with van der Waals surface area (Å²) in [6, 6.07) is 2.41. The van der Waals surface area contributed by atoms with Crippen molar-refractivity contribution in [3.8, 4) is 10.7 Å². The van der Waals surface area contributed by atoms with Crippen LogP contribution in [-0.4, -0.2) is 30.8 Å². The third kappa shape index (κ3) is 4.00. The molecular formula is C16H20N6S. The Morgan fingerprint density at radius 1 is 1.30 bits per heavy atom. The Balaban J connectivity index is 1.56. The van der Waals surface area contributed by atoms with Crippen molar-refractivity contribution in [3.05, 3.63) is 47.1 Å². The SMILES string of the molecule is Cc1cc(C)n(C[C@H](C)NCc2csc(-c3cnccn3)n2)n1. The van der Waals surface area contributed by atoms with Gasteiger partial charge in [-0.15, -0.1) is 11.3 Å². The molecule has 0 aliphatic heterocycles. The van der Waals surface area contributed by atoms with Gasteiger partial charge >= 0.3 is 0 Å². The molecule has 1 atom stereocenters. The second-order valence-electron chi connectivity index (χ2n) is 5.63. The average molecular weight is 328 g/mol. The van der Waals surface area contributed by atoms with Gasteiger partial charge in [0.25, 0.3) is 0 Å². The van der Waals surface area contributed by atoms with Crippen LogP contribution in [0.1, 0.15) is 24.0 Å². The van der Waals surface area contributed by atoms with Crippen LogP contribution in [0.25, 0.3) is 10.7 Å². The summed E-state index contributed by atoms with van der Waals surface area (Å²) in [6.07, 6.45) is 5.09. The van der Waals surface area contributed by atoms with Gasteiger partial charge in [0.2, 0.25) is 0 Å². The molecule has 0 saturated carbocycles. The first-order valence-corrected chi connectivity index (χ1v) is 8.45. The Labute approximate surface area is 139 Å². The van der Waals surface area contributed by atoms with E-state index in [1.54, 1.807) is 29.9 Å². The van der Waals surface area contributed by atoms with Crippen LogP contribution in [0.5, 0.6) is 0 Å². The van der Waals surface area contributed by atoms with Gasteiger partial charge < -0.3 is 5.32 Å². The van der Waals surface area contributed by atoms with Crippen molar-refractivity contribution in [2.75, 3.05) is 0 Å². The van der Waals surface area contributed by atoms with Gasteiger partial charge in [-0.3, -0.25) is 14.6 Å². The standard InChI is InChI=1S/C16H20N6S/c1-11-6-13(3)22(21-11)9-12(2)19-7-14-10-23-16(20-14)15-8-17-4-5-18-15/h4-6,8,10,12,19H,7,9H2,1-3H3/t12-/m0/s1. The highest BCUT2D eigenvalue weighted by Crippen LogP contribution is 2.20. The molecule has 0 amide bonds. The maximum atomic E-state index is 4.61. The molecule has 120 valence electrons. The Morgan fingerprint density at radius 2 is 2.17 bits per heavy atom. The first-order chi connectivity index (χ1) is 11.1. The molecule has 0 unspecified atom stereocenters. The maximum Gasteiger partial charge on any atom is 0.143 e. The van der Waals surface area contributed by atoms with Crippen LogP contribution in [0.3, 0.4) is 0 Å². The van der Waals surface area contributed by atoms with E-state index in [0.29, 0.717) is 6.04 Å². The normalized spacial score (nSPS) is 12.5. The van der Waals surface area contributed by atoms with Crippen molar-refractivity contribution in [2.24, 2.45) is 0 Å². The van der Waals surface area contributed by atoms with Crippen LogP contribution < -0.4 is 5.32 Å². The number of hydrogen-bond acceptors (Lipinski definition) is 6. The fourth-order valence-corrected chi connectivity index (χ4v) is 3.16. The van der Waals surface area contributed by atoms with E-state index in [9.17, 15) is 0 Å². The Kier molecular flexibility index (Phi) is 4.78. The van der Waals surface area contributed by atoms with Gasteiger partial charge in [0, 0.05) is 36.1 Å². The number of aromatic nitrogens is 5. The van der Waals surface area contributed by atoms with Gasteiger partial charge in [0.1, 0.15) is 10.7 Å². The van der Waals surface area contributed by atoms with Crippen LogP contribution in [0.4, 0.5) is 0 Å². The molecule has 0 saturated heterocycles. The van der Waals surface area contributed by atoms with Gasteiger partial charge in [-0.1, -0.05) is 0 Å². The van der Waals surface area contributed by atoms with Crippen LogP contribution in [0.2, 0.25) is 0 Å². The molecule has 3 aromatic heterocycles. The summed E-state index contributed by atoms with van der Waals surface area (Å²) >= 11 is 1.59. The largest absolute Gasteiger partial charge is 0.307 e. The molecule has 3 rings (SSSR count). The molecule has 7 heteroatoms. The van der Waals surface area contributed by atoms with Crippen LogP contribution >= 0.6 is 11.3 Å². The molecule has 0 aromatic carbocycles. The van der Waals surface area contributed by atoms with Gasteiger partial charge in [0.05, 0.1) is 24.1 Å². The Morgan fingerprint density at radius 3 is 2.87 bits per heavy atom. The van der Waals surface area contributed by atoms with Crippen molar-refractivity contribution in [2.45, 2.75) is 39.9 Å². The lowest BCUT2D eigenvalue weighted by atomic mass is 10.3. The fraction of sp³-hybridized carbons (Fsp3) is 0.375. The summed E-state index contributed by atoms with van der Waals surface area (Å²) in [4.78, 5) is 13.0. The highest BCUT2D eigenvalue weighted by Gasteiger charge is 2.09. The Hall–Kier alpha value is -2.12. The zero-order chi connectivity index (χ0) is 16.2. The van der Waals surface area contributed by atoms with Crippen LogP contribution in [-0.2, 0) is 13.1 Å². The monoisotopic (exact) mass is 328 g/mol. The highest BCUT2D eigenvalue weighted by atomic mass is 32.1. The fourth-order valence-electron chi connectivity index (χ4n) is 2.38. The minimum absolute atomic E-state index is 0.315. The first-order valence-electron chi connectivity index (χ1n) is 7.57. The van der Waals surface area contributed by atoms with E-state index in [0.717, 1.165) is 35.2 Å². The molecule has 3 heterocycles. The summed E-state index contributed by atoms with van der Waals surface area (Å²) in [6.45, 7) is 7.84. The van der Waals surface area contributed by atoms with E-state index < -0.39 is 0 Å². The topological polar surface area (TPSA) is 68.5 Å². The zero-order valence-electron chi connectivity index (χ0n) is 13.5. The molecule has 0 aliphatic rings. The van der Waals surface area contributed by atoms with Crippen molar-refractivity contribution >= 4 is 11.3 Å². The number of nitrogens with one attached hydrogen (secondary N) is 1. The number of hydrogen-bond donors (Lipinski definition) is 1. The van der Waals surface area contributed by atoms with Crippen molar-refractivity contribution in [1.29, 1.82) is 0 Å². The van der Waals surface area contributed by atoms with Crippen molar-refractivity contribution < 1.29 is 0 Å². The molecule has 23 heavy (non-hydrogen) atoms. The third-order valence-corrected chi connectivity index (χ3v) is 4.43. The van der Waals surface area contributed by atoms with Crippen molar-refractivity contribution in [1.82, 2.24) is 30.0 Å². The van der Waals surface area contributed by atoms with Crippen LogP contribution in [0.15, 0.2) is 30.0 Å². The number of rotatable bonds is 6. The molecule has 6 nitrogen and oxygen atoms in total. The summed E-state index contributed by atoms with van der Waals surface area (Å²) in [5.74, 6) is 0. The van der Waals surface area contributed by atoms with E-state index in [1.807, 2.05) is 11.6 Å². The second kappa shape index (κ2) is 6.97. The lowest BCUT2D eigenvalue weighted by Gasteiger charge is -2.14. The van der Waals surface area contributed by atoms with Crippen LogP contribution in [0, 0.1) is 13.8 Å². The number of thiazole rings is 1. The van der Waals surface area contributed by atoms with E-state index >= 15 is 0 Å². The summed E-state index contributed by atoms with van der Waals surface area (Å²) < 4.78 is 2.04. The van der Waals surface area contributed by atoms with Gasteiger partial charge in [0.15, 0.2) is 0 Å². The second-order valence-corrected chi connectivity index (χ2v) is 6.48. The highest BCUT2D eigenvalue weighted by molar-refractivity contribution is 7.13. The van der Waals surface area contributed by atoms with E-state index in [2.05, 4.69) is 50.7 Å². The summed E-state index contributed by atoms with van der Waals surface area (Å²) in [5, 5.41) is 11.0. The van der Waals surface area contributed by atoms with Gasteiger partial charge in [-0.05, 0) is 26.8 Å². The predicted molar refractivity (Wildman–Crippen MR) is 91.1 cm³/mol. The Bertz CT molecular complexity index is 764. The molecule has 0 fully saturated rings. The minimum atomic E-state index is 0.315. The van der Waals surface area contributed by atoms with Gasteiger partial charge in [-0.2, -0.15) is 5.10 Å².